The molecule has 58 valence electrons. The third kappa shape index (κ3) is 0.722. The normalized spacial score (nSPS) is 45.9. The molecule has 1 aliphatic heterocycles. The number of aliphatic hydroxyl groups is 1. The van der Waals surface area contributed by atoms with Gasteiger partial charge < -0.3 is 10.4 Å². The Balaban J connectivity index is 2.15. The molecule has 2 aliphatic rings. The minimum absolute atomic E-state index is 0.292. The first kappa shape index (κ1) is 6.62. The monoisotopic (exact) mass is 141 g/mol. The topological polar surface area (TPSA) is 32.3 Å². The van der Waals surface area contributed by atoms with E-state index in [0.29, 0.717) is 12.0 Å². The SMILES string of the molecule is OC[C@@]12CCC[C@@H]1CNC2. The lowest BCUT2D eigenvalue weighted by Gasteiger charge is -2.24. The summed E-state index contributed by atoms with van der Waals surface area (Å²) in [6, 6.07) is 0. The van der Waals surface area contributed by atoms with E-state index >= 15 is 0 Å². The summed E-state index contributed by atoms with van der Waals surface area (Å²) in [6.07, 6.45) is 3.89. The van der Waals surface area contributed by atoms with Gasteiger partial charge in [-0.3, -0.25) is 0 Å². The summed E-state index contributed by atoms with van der Waals surface area (Å²) < 4.78 is 0. The van der Waals surface area contributed by atoms with Crippen LogP contribution in [0.2, 0.25) is 0 Å². The summed E-state index contributed by atoms with van der Waals surface area (Å²) in [4.78, 5) is 0. The maximum Gasteiger partial charge on any atom is 0.0502 e. The van der Waals surface area contributed by atoms with Crippen LogP contribution in [0, 0.1) is 11.3 Å². The van der Waals surface area contributed by atoms with Gasteiger partial charge in [-0.2, -0.15) is 0 Å². The van der Waals surface area contributed by atoms with Crippen molar-refractivity contribution >= 4 is 0 Å². The standard InChI is InChI=1S/C8H15NO/c10-6-8-3-1-2-7(8)4-9-5-8/h7,9-10H,1-6H2/t7-,8+/m1/s1. The van der Waals surface area contributed by atoms with E-state index in [4.69, 9.17) is 0 Å². The van der Waals surface area contributed by atoms with E-state index in [-0.39, 0.29) is 0 Å². The first-order valence-electron chi connectivity index (χ1n) is 4.19. The lowest BCUT2D eigenvalue weighted by Crippen LogP contribution is -2.29. The fourth-order valence-corrected chi connectivity index (χ4v) is 2.52. The zero-order chi connectivity index (χ0) is 7.03. The lowest BCUT2D eigenvalue weighted by atomic mass is 9.82. The number of hydrogen-bond acceptors (Lipinski definition) is 2. The van der Waals surface area contributed by atoms with Crippen LogP contribution in [0.4, 0.5) is 0 Å². The molecule has 0 spiro atoms. The molecular formula is C8H15NO. The van der Waals surface area contributed by atoms with Gasteiger partial charge in [-0.05, 0) is 25.3 Å². The molecular weight excluding hydrogens is 126 g/mol. The van der Waals surface area contributed by atoms with Crippen molar-refractivity contribution in [3.8, 4) is 0 Å². The second-order valence-electron chi connectivity index (χ2n) is 3.74. The third-order valence-electron chi connectivity index (χ3n) is 3.28. The van der Waals surface area contributed by atoms with Gasteiger partial charge in [0.2, 0.25) is 0 Å². The van der Waals surface area contributed by atoms with Crippen LogP contribution in [0.15, 0.2) is 0 Å². The zero-order valence-corrected chi connectivity index (χ0v) is 6.27. The summed E-state index contributed by atoms with van der Waals surface area (Å²) >= 11 is 0. The van der Waals surface area contributed by atoms with Gasteiger partial charge in [-0.15, -0.1) is 0 Å². The minimum atomic E-state index is 0.292. The van der Waals surface area contributed by atoms with Crippen molar-refractivity contribution < 1.29 is 5.11 Å². The van der Waals surface area contributed by atoms with Crippen LogP contribution in [-0.4, -0.2) is 24.8 Å². The Labute approximate surface area is 61.6 Å². The van der Waals surface area contributed by atoms with Gasteiger partial charge in [0.15, 0.2) is 0 Å². The van der Waals surface area contributed by atoms with Gasteiger partial charge in [0.25, 0.3) is 0 Å². The molecule has 1 saturated heterocycles. The number of rotatable bonds is 1. The van der Waals surface area contributed by atoms with Crippen LogP contribution in [0.3, 0.4) is 0 Å². The molecule has 2 N–H and O–H groups in total. The van der Waals surface area contributed by atoms with Crippen LogP contribution >= 0.6 is 0 Å². The molecule has 10 heavy (non-hydrogen) atoms. The maximum atomic E-state index is 9.19. The predicted octanol–water partition coefficient (Wildman–Crippen LogP) is 0.368. The molecule has 0 aromatic rings. The molecule has 2 rings (SSSR count). The van der Waals surface area contributed by atoms with Crippen molar-refractivity contribution in [2.75, 3.05) is 19.7 Å². The molecule has 2 heteroatoms. The van der Waals surface area contributed by atoms with Crippen LogP contribution in [0.25, 0.3) is 0 Å². The van der Waals surface area contributed by atoms with Crippen LogP contribution in [-0.2, 0) is 0 Å². The fourth-order valence-electron chi connectivity index (χ4n) is 2.52. The Bertz CT molecular complexity index is 125. The highest BCUT2D eigenvalue weighted by Crippen LogP contribution is 2.44. The van der Waals surface area contributed by atoms with Gasteiger partial charge in [0.1, 0.15) is 0 Å². The van der Waals surface area contributed by atoms with E-state index in [0.717, 1.165) is 19.0 Å². The van der Waals surface area contributed by atoms with Gasteiger partial charge in [0, 0.05) is 12.0 Å². The molecule has 0 unspecified atom stereocenters. The highest BCUT2D eigenvalue weighted by atomic mass is 16.3. The summed E-state index contributed by atoms with van der Waals surface area (Å²) in [6.45, 7) is 2.58. The van der Waals surface area contributed by atoms with Crippen molar-refractivity contribution in [2.45, 2.75) is 19.3 Å². The van der Waals surface area contributed by atoms with Crippen LogP contribution < -0.4 is 5.32 Å². The molecule has 2 nitrogen and oxygen atoms in total. The maximum absolute atomic E-state index is 9.19. The highest BCUT2D eigenvalue weighted by Gasteiger charge is 2.45. The number of nitrogens with one attached hydrogen (secondary N) is 1. The first-order valence-corrected chi connectivity index (χ1v) is 4.19. The Kier molecular flexibility index (Phi) is 1.46. The molecule has 0 amide bonds. The average Bonchev–Trinajstić information content (AvgIpc) is 2.42. The molecule has 0 aromatic carbocycles. The molecule has 2 fully saturated rings. The van der Waals surface area contributed by atoms with Crippen molar-refractivity contribution in [1.82, 2.24) is 5.32 Å². The first-order chi connectivity index (χ1) is 4.87. The lowest BCUT2D eigenvalue weighted by molar-refractivity contribution is 0.120. The fraction of sp³-hybridized carbons (Fsp3) is 1.00. The molecule has 0 aromatic heterocycles. The van der Waals surface area contributed by atoms with E-state index < -0.39 is 0 Å². The molecule has 2 atom stereocenters. The van der Waals surface area contributed by atoms with Gasteiger partial charge in [-0.1, -0.05) is 6.42 Å². The number of hydrogen-bond donors (Lipinski definition) is 2. The van der Waals surface area contributed by atoms with Crippen molar-refractivity contribution in [3.05, 3.63) is 0 Å². The summed E-state index contributed by atoms with van der Waals surface area (Å²) in [5, 5.41) is 12.5. The van der Waals surface area contributed by atoms with Crippen LogP contribution in [0.1, 0.15) is 19.3 Å². The predicted molar refractivity (Wildman–Crippen MR) is 39.7 cm³/mol. The quantitative estimate of drug-likeness (QED) is 0.553. The minimum Gasteiger partial charge on any atom is -0.396 e. The van der Waals surface area contributed by atoms with Crippen molar-refractivity contribution in [3.63, 3.8) is 0 Å². The number of aliphatic hydroxyl groups excluding tert-OH is 1. The van der Waals surface area contributed by atoms with E-state index in [1.165, 1.54) is 19.3 Å². The van der Waals surface area contributed by atoms with Gasteiger partial charge in [0.05, 0.1) is 6.61 Å². The summed E-state index contributed by atoms with van der Waals surface area (Å²) in [5.41, 5.74) is 0.292. The Hall–Kier alpha value is -0.0800. The Morgan fingerprint density at radius 2 is 2.50 bits per heavy atom. The van der Waals surface area contributed by atoms with Crippen molar-refractivity contribution in [1.29, 1.82) is 0 Å². The van der Waals surface area contributed by atoms with Crippen LogP contribution in [0.5, 0.6) is 0 Å². The second kappa shape index (κ2) is 2.21. The number of fused-ring (bicyclic) bond motifs is 1. The van der Waals surface area contributed by atoms with Gasteiger partial charge >= 0.3 is 0 Å². The molecule has 1 saturated carbocycles. The smallest absolute Gasteiger partial charge is 0.0502 e. The Morgan fingerprint density at radius 3 is 3.20 bits per heavy atom. The summed E-state index contributed by atoms with van der Waals surface area (Å²) in [7, 11) is 0. The highest BCUT2D eigenvalue weighted by molar-refractivity contribution is 4.98. The third-order valence-corrected chi connectivity index (χ3v) is 3.28. The Morgan fingerprint density at radius 1 is 1.60 bits per heavy atom. The zero-order valence-electron chi connectivity index (χ0n) is 6.27. The van der Waals surface area contributed by atoms with E-state index in [9.17, 15) is 5.11 Å². The molecule has 0 bridgehead atoms. The molecule has 0 radical (unpaired) electrons. The summed E-state index contributed by atoms with van der Waals surface area (Å²) in [5.74, 6) is 0.775. The van der Waals surface area contributed by atoms with Crippen molar-refractivity contribution in [2.24, 2.45) is 11.3 Å². The molecule has 1 heterocycles. The van der Waals surface area contributed by atoms with Gasteiger partial charge in [-0.25, -0.2) is 0 Å². The molecule has 1 aliphatic carbocycles. The average molecular weight is 141 g/mol. The largest absolute Gasteiger partial charge is 0.396 e. The van der Waals surface area contributed by atoms with E-state index in [2.05, 4.69) is 5.32 Å². The van der Waals surface area contributed by atoms with E-state index in [1.54, 1.807) is 0 Å². The van der Waals surface area contributed by atoms with E-state index in [1.807, 2.05) is 0 Å². The second-order valence-corrected chi connectivity index (χ2v) is 3.74.